The summed E-state index contributed by atoms with van der Waals surface area (Å²) >= 11 is 1.08. The van der Waals surface area contributed by atoms with Gasteiger partial charge in [0.15, 0.2) is 0 Å². The Morgan fingerprint density at radius 2 is 1.83 bits per heavy atom. The van der Waals surface area contributed by atoms with E-state index in [2.05, 4.69) is 9.59 Å². The van der Waals surface area contributed by atoms with Crippen LogP contribution in [-0.2, 0) is 10.2 Å². The van der Waals surface area contributed by atoms with E-state index in [0.717, 1.165) is 17.1 Å². The molecule has 1 unspecified atom stereocenters. The maximum Gasteiger partial charge on any atom is 0.233 e. The van der Waals surface area contributed by atoms with Crippen molar-refractivity contribution >= 4 is 17.4 Å². The number of hydrogen-bond acceptors (Lipinski definition) is 4. The van der Waals surface area contributed by atoms with Crippen LogP contribution in [0.25, 0.3) is 11.3 Å². The summed E-state index contributed by atoms with van der Waals surface area (Å²) < 4.78 is 18.2. The molecular weight excluding hydrogens is 325 g/mol. The van der Waals surface area contributed by atoms with Crippen molar-refractivity contribution in [2.45, 2.75) is 18.8 Å². The molecule has 2 N–H and O–H groups in total. The molecule has 0 aliphatic rings. The predicted octanol–water partition coefficient (Wildman–Crippen LogP) is 3.53. The van der Waals surface area contributed by atoms with Crippen LogP contribution in [-0.4, -0.2) is 15.5 Å². The van der Waals surface area contributed by atoms with Crippen molar-refractivity contribution in [3.8, 4) is 11.3 Å². The standard InChI is InChI=1S/C18H16FN3OS/c1-2-18(17(20)23,12-8-4-3-5-9-12)16-15(21-22-24-16)13-10-6-7-11-14(13)19/h3-11H,2H2,1H3,(H2,20,23). The highest BCUT2D eigenvalue weighted by molar-refractivity contribution is 7.06. The first-order chi connectivity index (χ1) is 11.6. The summed E-state index contributed by atoms with van der Waals surface area (Å²) in [7, 11) is 0. The summed E-state index contributed by atoms with van der Waals surface area (Å²) in [5.74, 6) is -0.908. The van der Waals surface area contributed by atoms with Crippen molar-refractivity contribution in [2.75, 3.05) is 0 Å². The number of carbonyl (C=O) groups is 1. The lowest BCUT2D eigenvalue weighted by Crippen LogP contribution is -2.41. The Hall–Kier alpha value is -2.60. The van der Waals surface area contributed by atoms with Gasteiger partial charge in [-0.15, -0.1) is 5.10 Å². The average Bonchev–Trinajstić information content (AvgIpc) is 3.07. The predicted molar refractivity (Wildman–Crippen MR) is 92.0 cm³/mol. The number of halogens is 1. The van der Waals surface area contributed by atoms with E-state index < -0.39 is 17.1 Å². The minimum absolute atomic E-state index is 0.316. The third-order valence-electron chi connectivity index (χ3n) is 4.22. The second-order valence-corrected chi connectivity index (χ2v) is 6.17. The molecule has 0 fully saturated rings. The highest BCUT2D eigenvalue weighted by Crippen LogP contribution is 2.42. The lowest BCUT2D eigenvalue weighted by atomic mass is 9.75. The number of nitrogens with two attached hydrogens (primary N) is 1. The summed E-state index contributed by atoms with van der Waals surface area (Å²) in [6.07, 6.45) is 0.428. The number of hydrogen-bond donors (Lipinski definition) is 1. The van der Waals surface area contributed by atoms with Gasteiger partial charge in [0.05, 0.1) is 4.88 Å². The van der Waals surface area contributed by atoms with Gasteiger partial charge in [-0.25, -0.2) is 4.39 Å². The van der Waals surface area contributed by atoms with Crippen LogP contribution >= 0.6 is 11.5 Å². The number of amides is 1. The van der Waals surface area contributed by atoms with Crippen molar-refractivity contribution in [2.24, 2.45) is 5.73 Å². The van der Waals surface area contributed by atoms with E-state index in [0.29, 0.717) is 22.6 Å². The molecular formula is C18H16FN3OS. The number of carbonyl (C=O) groups excluding carboxylic acids is 1. The Morgan fingerprint density at radius 3 is 2.46 bits per heavy atom. The van der Waals surface area contributed by atoms with Gasteiger partial charge in [0.1, 0.15) is 16.9 Å². The molecule has 0 aliphatic carbocycles. The molecule has 24 heavy (non-hydrogen) atoms. The van der Waals surface area contributed by atoms with Crippen LogP contribution < -0.4 is 5.73 Å². The lowest BCUT2D eigenvalue weighted by Gasteiger charge is -2.29. The fraction of sp³-hybridized carbons (Fsp3) is 0.167. The van der Waals surface area contributed by atoms with Gasteiger partial charge in [-0.05, 0) is 35.6 Å². The van der Waals surface area contributed by atoms with E-state index in [1.54, 1.807) is 18.2 Å². The molecule has 1 atom stereocenters. The summed E-state index contributed by atoms with van der Waals surface area (Å²) in [5, 5.41) is 4.09. The molecule has 0 saturated heterocycles. The normalized spacial score (nSPS) is 13.4. The second-order valence-electron chi connectivity index (χ2n) is 5.42. The summed E-state index contributed by atoms with van der Waals surface area (Å²) in [4.78, 5) is 13.1. The van der Waals surface area contributed by atoms with E-state index >= 15 is 0 Å². The number of aromatic nitrogens is 2. The van der Waals surface area contributed by atoms with Crippen molar-refractivity contribution in [3.63, 3.8) is 0 Å². The monoisotopic (exact) mass is 341 g/mol. The van der Waals surface area contributed by atoms with Crippen molar-refractivity contribution in [1.82, 2.24) is 9.59 Å². The van der Waals surface area contributed by atoms with Crippen LogP contribution in [0.2, 0.25) is 0 Å². The van der Waals surface area contributed by atoms with Crippen LogP contribution in [0.4, 0.5) is 4.39 Å². The van der Waals surface area contributed by atoms with Crippen LogP contribution in [0.15, 0.2) is 54.6 Å². The number of nitrogens with zero attached hydrogens (tertiary/aromatic N) is 2. The zero-order chi connectivity index (χ0) is 17.2. The van der Waals surface area contributed by atoms with Crippen LogP contribution in [0.5, 0.6) is 0 Å². The molecule has 3 aromatic rings. The summed E-state index contributed by atoms with van der Waals surface area (Å²) in [6, 6.07) is 15.6. The Morgan fingerprint density at radius 1 is 1.17 bits per heavy atom. The number of benzene rings is 2. The van der Waals surface area contributed by atoms with Crippen molar-refractivity contribution in [1.29, 1.82) is 0 Å². The van der Waals surface area contributed by atoms with Gasteiger partial charge in [0.2, 0.25) is 5.91 Å². The van der Waals surface area contributed by atoms with E-state index in [4.69, 9.17) is 5.73 Å². The molecule has 0 aliphatic heterocycles. The molecule has 1 aromatic heterocycles. The summed E-state index contributed by atoms with van der Waals surface area (Å²) in [6.45, 7) is 1.88. The molecule has 3 rings (SSSR count). The first-order valence-corrected chi connectivity index (χ1v) is 8.31. The zero-order valence-electron chi connectivity index (χ0n) is 13.1. The zero-order valence-corrected chi connectivity index (χ0v) is 13.9. The molecule has 0 bridgehead atoms. The SMILES string of the molecule is CCC(C(N)=O)(c1ccccc1)c1snnc1-c1ccccc1F. The molecule has 0 radical (unpaired) electrons. The Kier molecular flexibility index (Phi) is 4.40. The topological polar surface area (TPSA) is 68.9 Å². The number of primary amides is 1. The fourth-order valence-electron chi connectivity index (χ4n) is 2.95. The molecule has 0 spiro atoms. The molecule has 1 amide bonds. The molecule has 1 heterocycles. The maximum absolute atomic E-state index is 14.2. The average molecular weight is 341 g/mol. The van der Waals surface area contributed by atoms with E-state index in [9.17, 15) is 9.18 Å². The largest absolute Gasteiger partial charge is 0.369 e. The molecule has 0 saturated carbocycles. The first kappa shape index (κ1) is 16.3. The Labute approximate surface area is 143 Å². The van der Waals surface area contributed by atoms with Crippen molar-refractivity contribution in [3.05, 3.63) is 70.9 Å². The highest BCUT2D eigenvalue weighted by Gasteiger charge is 2.43. The van der Waals surface area contributed by atoms with Gasteiger partial charge in [0.25, 0.3) is 0 Å². The van der Waals surface area contributed by atoms with Crippen LogP contribution in [0.3, 0.4) is 0 Å². The van der Waals surface area contributed by atoms with Gasteiger partial charge >= 0.3 is 0 Å². The quantitative estimate of drug-likeness (QED) is 0.772. The smallest absolute Gasteiger partial charge is 0.233 e. The Balaban J connectivity index is 2.28. The van der Waals surface area contributed by atoms with Crippen LogP contribution in [0, 0.1) is 5.82 Å². The second kappa shape index (κ2) is 6.49. The van der Waals surface area contributed by atoms with Crippen molar-refractivity contribution < 1.29 is 9.18 Å². The summed E-state index contributed by atoms with van der Waals surface area (Å²) in [5.41, 5.74) is 6.15. The Bertz CT molecular complexity index is 865. The lowest BCUT2D eigenvalue weighted by molar-refractivity contribution is -0.122. The van der Waals surface area contributed by atoms with Gasteiger partial charge in [-0.3, -0.25) is 4.79 Å². The highest BCUT2D eigenvalue weighted by atomic mass is 32.1. The molecule has 4 nitrogen and oxygen atoms in total. The van der Waals surface area contributed by atoms with Gasteiger partial charge in [0, 0.05) is 5.56 Å². The van der Waals surface area contributed by atoms with E-state index in [1.807, 2.05) is 37.3 Å². The maximum atomic E-state index is 14.2. The van der Waals surface area contributed by atoms with E-state index in [-0.39, 0.29) is 0 Å². The molecule has 122 valence electrons. The van der Waals surface area contributed by atoms with Gasteiger partial charge in [-0.1, -0.05) is 53.9 Å². The molecule has 2 aromatic carbocycles. The van der Waals surface area contributed by atoms with Gasteiger partial charge < -0.3 is 5.73 Å². The number of rotatable bonds is 5. The molecule has 6 heteroatoms. The first-order valence-electron chi connectivity index (χ1n) is 7.54. The fourth-order valence-corrected chi connectivity index (χ4v) is 3.91. The minimum Gasteiger partial charge on any atom is -0.369 e. The van der Waals surface area contributed by atoms with Gasteiger partial charge in [-0.2, -0.15) is 0 Å². The van der Waals surface area contributed by atoms with E-state index in [1.165, 1.54) is 6.07 Å². The van der Waals surface area contributed by atoms with Crippen LogP contribution in [0.1, 0.15) is 23.8 Å². The third kappa shape index (κ3) is 2.49. The minimum atomic E-state index is -1.09. The third-order valence-corrected chi connectivity index (χ3v) is 5.11.